The van der Waals surface area contributed by atoms with E-state index in [0.29, 0.717) is 22.9 Å². The molecule has 0 unspecified atom stereocenters. The highest BCUT2D eigenvalue weighted by molar-refractivity contribution is 5.85. The number of anilines is 3. The van der Waals surface area contributed by atoms with Crippen molar-refractivity contribution in [1.29, 1.82) is 0 Å². The summed E-state index contributed by atoms with van der Waals surface area (Å²) >= 11 is 0. The predicted octanol–water partition coefficient (Wildman–Crippen LogP) is 2.22. The third-order valence-corrected chi connectivity index (χ3v) is 4.42. The molecule has 0 radical (unpaired) electrons. The quantitative estimate of drug-likeness (QED) is 0.787. The number of likely N-dealkylation sites (N-methyl/N-ethyl adjacent to an activating group) is 1. The van der Waals surface area contributed by atoms with Gasteiger partial charge in [-0.25, -0.2) is 9.97 Å². The van der Waals surface area contributed by atoms with Crippen molar-refractivity contribution in [2.24, 2.45) is 0 Å². The van der Waals surface area contributed by atoms with Crippen molar-refractivity contribution >= 4 is 28.6 Å². The van der Waals surface area contributed by atoms with Gasteiger partial charge >= 0.3 is 0 Å². The average Bonchev–Trinajstić information content (AvgIpc) is 2.64. The van der Waals surface area contributed by atoms with Crippen molar-refractivity contribution in [1.82, 2.24) is 24.8 Å². The number of benzene rings is 1. The predicted molar refractivity (Wildman–Crippen MR) is 99.3 cm³/mol. The third kappa shape index (κ3) is 3.36. The average molecular weight is 335 g/mol. The van der Waals surface area contributed by atoms with Gasteiger partial charge in [0.05, 0.1) is 0 Å². The van der Waals surface area contributed by atoms with Crippen molar-refractivity contribution in [3.8, 4) is 0 Å². The molecule has 3 aromatic rings. The fourth-order valence-electron chi connectivity index (χ4n) is 2.86. The lowest BCUT2D eigenvalue weighted by atomic mass is 10.2. The maximum Gasteiger partial charge on any atom is 0.229 e. The van der Waals surface area contributed by atoms with Crippen molar-refractivity contribution < 1.29 is 0 Å². The topological polar surface area (TPSA) is 70.1 Å². The van der Waals surface area contributed by atoms with E-state index in [2.05, 4.69) is 56.2 Å². The summed E-state index contributed by atoms with van der Waals surface area (Å²) in [7, 11) is 2.13. The van der Waals surface area contributed by atoms with Crippen molar-refractivity contribution in [3.05, 3.63) is 42.2 Å². The zero-order valence-corrected chi connectivity index (χ0v) is 14.5. The SMILES string of the molecule is Cc1ccc(Nc2nc(N3CCN(C)CC3)nc3nccnc23)cc1. The molecule has 0 aliphatic carbocycles. The minimum Gasteiger partial charge on any atom is -0.338 e. The molecule has 0 atom stereocenters. The summed E-state index contributed by atoms with van der Waals surface area (Å²) in [4.78, 5) is 22.7. The summed E-state index contributed by atoms with van der Waals surface area (Å²) in [5, 5.41) is 3.37. The molecule has 0 amide bonds. The van der Waals surface area contributed by atoms with Gasteiger partial charge in [-0.15, -0.1) is 0 Å². The summed E-state index contributed by atoms with van der Waals surface area (Å²) in [5.41, 5.74) is 3.48. The van der Waals surface area contributed by atoms with Gasteiger partial charge in [0.25, 0.3) is 0 Å². The van der Waals surface area contributed by atoms with Crippen LogP contribution in [0.5, 0.6) is 0 Å². The van der Waals surface area contributed by atoms with Crippen LogP contribution in [0.15, 0.2) is 36.7 Å². The minimum atomic E-state index is 0.612. The standard InChI is InChI=1S/C18H21N7/c1-13-3-5-14(6-4-13)21-17-15-16(20-8-7-19-15)22-18(23-17)25-11-9-24(2)10-12-25/h3-8H,9-12H2,1-2H3,(H,20,21,22,23). The monoisotopic (exact) mass is 335 g/mol. The second kappa shape index (κ2) is 6.60. The number of aromatic nitrogens is 4. The molecule has 0 saturated carbocycles. The van der Waals surface area contributed by atoms with Crippen LogP contribution >= 0.6 is 0 Å². The second-order valence-corrected chi connectivity index (χ2v) is 6.38. The molecule has 7 nitrogen and oxygen atoms in total. The zero-order chi connectivity index (χ0) is 17.2. The second-order valence-electron chi connectivity index (χ2n) is 6.38. The van der Waals surface area contributed by atoms with Crippen molar-refractivity contribution in [2.75, 3.05) is 43.4 Å². The fraction of sp³-hybridized carbons (Fsp3) is 0.333. The van der Waals surface area contributed by atoms with Crippen molar-refractivity contribution in [2.45, 2.75) is 6.92 Å². The van der Waals surface area contributed by atoms with Crippen LogP contribution in [-0.2, 0) is 0 Å². The Morgan fingerprint density at radius 1 is 0.920 bits per heavy atom. The van der Waals surface area contributed by atoms with E-state index < -0.39 is 0 Å². The van der Waals surface area contributed by atoms with Gasteiger partial charge < -0.3 is 15.1 Å². The number of rotatable bonds is 3. The van der Waals surface area contributed by atoms with E-state index >= 15 is 0 Å². The lowest BCUT2D eigenvalue weighted by Crippen LogP contribution is -2.45. The van der Waals surface area contributed by atoms with Gasteiger partial charge in [-0.3, -0.25) is 0 Å². The molecule has 3 heterocycles. The van der Waals surface area contributed by atoms with Gasteiger partial charge in [-0.05, 0) is 26.1 Å². The van der Waals surface area contributed by atoms with Gasteiger partial charge in [-0.2, -0.15) is 9.97 Å². The first-order valence-electron chi connectivity index (χ1n) is 8.45. The maximum atomic E-state index is 4.75. The number of hydrogen-bond donors (Lipinski definition) is 1. The number of fused-ring (bicyclic) bond motifs is 1. The number of hydrogen-bond acceptors (Lipinski definition) is 7. The summed E-state index contributed by atoms with van der Waals surface area (Å²) in [6.45, 7) is 5.89. The van der Waals surface area contributed by atoms with E-state index in [9.17, 15) is 0 Å². The Labute approximate surface area is 146 Å². The molecule has 1 aromatic carbocycles. The molecule has 1 N–H and O–H groups in total. The van der Waals surface area contributed by atoms with E-state index in [1.165, 1.54) is 5.56 Å². The van der Waals surface area contributed by atoms with Crippen LogP contribution < -0.4 is 10.2 Å². The summed E-state index contributed by atoms with van der Waals surface area (Å²) in [6, 6.07) is 8.21. The lowest BCUT2D eigenvalue weighted by molar-refractivity contribution is 0.311. The number of aryl methyl sites for hydroxylation is 1. The lowest BCUT2D eigenvalue weighted by Gasteiger charge is -2.32. The zero-order valence-electron chi connectivity index (χ0n) is 14.5. The molecular weight excluding hydrogens is 314 g/mol. The Morgan fingerprint density at radius 3 is 2.40 bits per heavy atom. The van der Waals surface area contributed by atoms with Crippen molar-refractivity contribution in [3.63, 3.8) is 0 Å². The third-order valence-electron chi connectivity index (χ3n) is 4.42. The summed E-state index contributed by atoms with van der Waals surface area (Å²) in [6.07, 6.45) is 3.33. The summed E-state index contributed by atoms with van der Waals surface area (Å²) in [5.74, 6) is 1.39. The van der Waals surface area contributed by atoms with Gasteiger partial charge in [0, 0.05) is 44.3 Å². The Kier molecular flexibility index (Phi) is 4.15. The Bertz CT molecular complexity index is 870. The number of nitrogens with zero attached hydrogens (tertiary/aromatic N) is 6. The van der Waals surface area contributed by atoms with Gasteiger partial charge in [0.15, 0.2) is 17.0 Å². The number of nitrogens with one attached hydrogen (secondary N) is 1. The molecule has 1 aliphatic heterocycles. The van der Waals surface area contributed by atoms with Crippen LogP contribution in [0, 0.1) is 6.92 Å². The van der Waals surface area contributed by atoms with Crippen LogP contribution in [0.3, 0.4) is 0 Å². The smallest absolute Gasteiger partial charge is 0.229 e. The summed E-state index contributed by atoms with van der Waals surface area (Å²) < 4.78 is 0. The first kappa shape index (κ1) is 15.7. The Balaban J connectivity index is 1.72. The van der Waals surface area contributed by atoms with Crippen LogP contribution in [0.4, 0.5) is 17.5 Å². The highest BCUT2D eigenvalue weighted by Crippen LogP contribution is 2.24. The van der Waals surface area contributed by atoms with Crippen LogP contribution in [-0.4, -0.2) is 58.1 Å². The highest BCUT2D eigenvalue weighted by atomic mass is 15.3. The Hall–Kier alpha value is -2.80. The first-order valence-corrected chi connectivity index (χ1v) is 8.45. The molecular formula is C18H21N7. The van der Waals surface area contributed by atoms with E-state index in [-0.39, 0.29) is 0 Å². The number of piperazine rings is 1. The van der Waals surface area contributed by atoms with Gasteiger partial charge in [0.2, 0.25) is 5.95 Å². The molecule has 128 valence electrons. The van der Waals surface area contributed by atoms with E-state index in [1.54, 1.807) is 12.4 Å². The largest absolute Gasteiger partial charge is 0.338 e. The minimum absolute atomic E-state index is 0.612. The fourth-order valence-corrected chi connectivity index (χ4v) is 2.86. The van der Waals surface area contributed by atoms with Crippen LogP contribution in [0.1, 0.15) is 5.56 Å². The first-order chi connectivity index (χ1) is 12.2. The molecule has 25 heavy (non-hydrogen) atoms. The van der Waals surface area contributed by atoms with E-state index in [0.717, 1.165) is 31.9 Å². The van der Waals surface area contributed by atoms with Crippen LogP contribution in [0.25, 0.3) is 11.2 Å². The van der Waals surface area contributed by atoms with Gasteiger partial charge in [0.1, 0.15) is 0 Å². The molecule has 7 heteroatoms. The highest BCUT2D eigenvalue weighted by Gasteiger charge is 2.19. The molecule has 1 saturated heterocycles. The van der Waals surface area contributed by atoms with Gasteiger partial charge in [-0.1, -0.05) is 17.7 Å². The molecule has 0 bridgehead atoms. The van der Waals surface area contributed by atoms with E-state index in [4.69, 9.17) is 4.98 Å². The molecule has 1 aliphatic rings. The van der Waals surface area contributed by atoms with E-state index in [1.807, 2.05) is 12.1 Å². The molecule has 4 rings (SSSR count). The molecule has 0 spiro atoms. The normalized spacial score (nSPS) is 15.5. The van der Waals surface area contributed by atoms with Crippen LogP contribution in [0.2, 0.25) is 0 Å². The molecule has 1 fully saturated rings. The maximum absolute atomic E-state index is 4.75. The Morgan fingerprint density at radius 2 is 1.64 bits per heavy atom. The molecule has 2 aromatic heterocycles.